The van der Waals surface area contributed by atoms with Crippen molar-refractivity contribution in [2.24, 2.45) is 50.2 Å². The summed E-state index contributed by atoms with van der Waals surface area (Å²) >= 11 is 0. The second-order valence-electron chi connectivity index (χ2n) is 30.5. The predicted molar refractivity (Wildman–Crippen MR) is 309 cm³/mol. The van der Waals surface area contributed by atoms with E-state index in [0.29, 0.717) is 32.1 Å². The summed E-state index contributed by atoms with van der Waals surface area (Å²) in [5.74, 6) is -2.18. The van der Waals surface area contributed by atoms with Crippen LogP contribution in [0.4, 0.5) is 0 Å². The number of methoxy groups -OCH3 is 1. The van der Waals surface area contributed by atoms with Gasteiger partial charge < -0.3 is 138 Å². The Bertz CT molecular complexity index is 2690. The van der Waals surface area contributed by atoms with Crippen LogP contribution in [0.25, 0.3) is 0 Å². The van der Waals surface area contributed by atoms with Gasteiger partial charge in [-0.25, -0.2) is 4.79 Å². The van der Waals surface area contributed by atoms with Crippen molar-refractivity contribution in [2.45, 2.75) is 279 Å². The molecule has 34 atom stereocenters. The van der Waals surface area contributed by atoms with Crippen LogP contribution in [0.2, 0.25) is 0 Å². The summed E-state index contributed by atoms with van der Waals surface area (Å²) in [6.45, 7) is 13.6. The van der Waals surface area contributed by atoms with Crippen LogP contribution in [0.1, 0.15) is 113 Å². The van der Waals surface area contributed by atoms with E-state index in [4.69, 9.17) is 61.6 Å². The number of esters is 2. The van der Waals surface area contributed by atoms with Crippen molar-refractivity contribution >= 4 is 11.9 Å². The summed E-state index contributed by atoms with van der Waals surface area (Å²) in [6.07, 6.45) is -35.9. The third kappa shape index (κ3) is 12.1. The summed E-state index contributed by atoms with van der Waals surface area (Å²) in [4.78, 5) is 28.3. The monoisotopic (exact) mass is 1340 g/mol. The lowest BCUT2D eigenvalue weighted by Crippen LogP contribution is -2.68. The Balaban J connectivity index is 0.830. The Morgan fingerprint density at radius 2 is 1.16 bits per heavy atom. The molecular formula is C63H100O30. The van der Waals surface area contributed by atoms with Crippen LogP contribution in [-0.2, 0) is 71.2 Å². The molecule has 6 aliphatic heterocycles. The second-order valence-corrected chi connectivity index (χ2v) is 30.5. The molecule has 0 spiro atoms. The number of hydrogen-bond acceptors (Lipinski definition) is 30. The zero-order chi connectivity index (χ0) is 67.8. The lowest BCUT2D eigenvalue weighted by molar-refractivity contribution is -0.386. The molecule has 93 heavy (non-hydrogen) atoms. The van der Waals surface area contributed by atoms with Crippen LogP contribution in [0.3, 0.4) is 0 Å². The summed E-state index contributed by atoms with van der Waals surface area (Å²) in [7, 11) is 1.13. The lowest BCUT2D eigenvalue weighted by atomic mass is 9.33. The van der Waals surface area contributed by atoms with Gasteiger partial charge in [-0.3, -0.25) is 4.79 Å². The molecule has 11 aliphatic rings. The molecule has 10 fully saturated rings. The van der Waals surface area contributed by atoms with Crippen LogP contribution < -0.4 is 0 Å². The van der Waals surface area contributed by atoms with Gasteiger partial charge in [-0.05, 0) is 110 Å². The Hall–Kier alpha value is -2.36. The minimum Gasteiger partial charge on any atom is -0.467 e. The van der Waals surface area contributed by atoms with Gasteiger partial charge in [0.1, 0.15) is 103 Å². The number of aliphatic hydroxyl groups excluding tert-OH is 14. The first-order valence-electron chi connectivity index (χ1n) is 32.8. The Kier molecular flexibility index (Phi) is 20.3. The van der Waals surface area contributed by atoms with E-state index in [2.05, 4.69) is 54.5 Å². The van der Waals surface area contributed by atoms with Crippen LogP contribution in [0.5, 0.6) is 0 Å². The largest absolute Gasteiger partial charge is 0.467 e. The molecule has 11 rings (SSSR count). The number of hydrogen-bond donors (Lipinski definition) is 15. The Labute approximate surface area is 538 Å². The average molecular weight is 1340 g/mol. The standard InChI is InChI=1S/C63H100O30/c1-25-43(88-51-41(75)44(30(67)22-83-51)89-50-39(73)35(69)28(65)20-82-50)45(90-55-48(77)62(80,23-64)24-85-55)42(76)53(86-25)92-47-36(70)29(66)21-84-54(47)93-56(79)63-17-16-57(2,3)18-27(63)26-10-11-32-59(6)14-13-34(87-52-40(74)37(71)38(72)46(91-52)49(78)81-9)58(4,5)31(59)12-15-60(32,7)61(26,8)19-33(63)68/h10,25,27-48,50-55,64-77,80H,11-24H2,1-9H3/t25-,27-,28+,29-,30+,31-,32+,33+,34-,35-,36-,37-,38-,39+,40+,41+,42+,43-,44-,45-,46-,47+,48-,50-,51-,52+,53-,54-,55-,59-,60+,61+,62+,63+/m0/s1. The molecule has 0 aromatic carbocycles. The van der Waals surface area contributed by atoms with Crippen LogP contribution in [-0.4, -0.2) is 294 Å². The van der Waals surface area contributed by atoms with Crippen molar-refractivity contribution in [1.29, 1.82) is 0 Å². The molecule has 0 aromatic rings. The molecule has 0 aromatic heterocycles. The number of carbonyl (C=O) groups excluding carboxylic acids is 2. The molecule has 6 heterocycles. The average Bonchev–Trinajstić information content (AvgIpc) is 1.05. The number of carbonyl (C=O) groups is 2. The molecule has 30 nitrogen and oxygen atoms in total. The lowest BCUT2D eigenvalue weighted by Gasteiger charge is -2.71. The second kappa shape index (κ2) is 26.3. The number of allylic oxidation sites excluding steroid dienone is 2. The number of fused-ring (bicyclic) bond motifs is 7. The topological polar surface area (TPSA) is 458 Å². The number of aliphatic hydroxyl groups is 15. The smallest absolute Gasteiger partial charge is 0.337 e. The summed E-state index contributed by atoms with van der Waals surface area (Å²) in [5.41, 5.74) is -4.97. The first-order chi connectivity index (χ1) is 43.5. The van der Waals surface area contributed by atoms with Gasteiger partial charge >= 0.3 is 11.9 Å². The van der Waals surface area contributed by atoms with Gasteiger partial charge in [0.25, 0.3) is 0 Å². The highest BCUT2D eigenvalue weighted by molar-refractivity contribution is 5.80. The highest BCUT2D eigenvalue weighted by Crippen LogP contribution is 2.76. The molecule has 0 bridgehead atoms. The first-order valence-corrected chi connectivity index (χ1v) is 32.8. The van der Waals surface area contributed by atoms with E-state index in [1.165, 1.54) is 6.92 Å². The van der Waals surface area contributed by atoms with Crippen molar-refractivity contribution in [1.82, 2.24) is 0 Å². The molecule has 30 heteroatoms. The van der Waals surface area contributed by atoms with Gasteiger partial charge in [0.15, 0.2) is 43.7 Å². The van der Waals surface area contributed by atoms with E-state index in [9.17, 15) is 81.4 Å². The molecule has 4 saturated carbocycles. The number of rotatable bonds is 14. The molecule has 6 saturated heterocycles. The zero-order valence-corrected chi connectivity index (χ0v) is 54.1. The minimum atomic E-state index is -2.23. The fraction of sp³-hybridized carbons (Fsp3) is 0.937. The van der Waals surface area contributed by atoms with E-state index in [0.717, 1.165) is 25.5 Å². The molecule has 532 valence electrons. The summed E-state index contributed by atoms with van der Waals surface area (Å²) < 4.78 is 76.7. The van der Waals surface area contributed by atoms with Crippen molar-refractivity contribution < 1.29 is 148 Å². The van der Waals surface area contributed by atoms with Gasteiger partial charge in [0.2, 0.25) is 6.29 Å². The SMILES string of the molecule is COC(=O)[C@H]1O[C@@H](O[C@H]2CC[C@]3(C)[C@H]4CC=C5[C@@H]6CC(C)(C)CC[C@]6(C(=O)O[C@@H]6OC[C@H](O)[C@H](O)[C@H]6O[C@@H]6O[C@@H](C)[C@H](O[C@@H]7OC[C@@H](O)[C@H](O[C@@H]8OC[C@@H](O)[C@H](O)[C@H]8O)[C@H]7O)[C@@H](O[C@@H]7OC[C@](O)(CO)[C@H]7O)[C@H]6O)[C@H](O)C[C@@]5(C)[C@]4(C)CC[C@H]3C2(C)C)[C@H](O)[C@@H](O)[C@@H]1O. The molecule has 5 aliphatic carbocycles. The normalized spacial score (nSPS) is 53.7. The number of ether oxygens (including phenoxy) is 13. The summed E-state index contributed by atoms with van der Waals surface area (Å²) in [5, 5.41) is 166. The van der Waals surface area contributed by atoms with E-state index >= 15 is 4.79 Å². The highest BCUT2D eigenvalue weighted by Gasteiger charge is 2.72. The van der Waals surface area contributed by atoms with E-state index in [1.807, 2.05) is 0 Å². The third-order valence-electron chi connectivity index (χ3n) is 24.3. The Morgan fingerprint density at radius 1 is 0.570 bits per heavy atom. The maximum Gasteiger partial charge on any atom is 0.337 e. The Morgan fingerprint density at radius 3 is 1.83 bits per heavy atom. The van der Waals surface area contributed by atoms with Crippen LogP contribution in [0.15, 0.2) is 11.6 Å². The molecule has 15 N–H and O–H groups in total. The quantitative estimate of drug-likeness (QED) is 0.0453. The van der Waals surface area contributed by atoms with Crippen molar-refractivity contribution in [3.63, 3.8) is 0 Å². The predicted octanol–water partition coefficient (Wildman–Crippen LogP) is -3.65. The molecule has 0 amide bonds. The van der Waals surface area contributed by atoms with Crippen LogP contribution in [0, 0.1) is 50.2 Å². The zero-order valence-electron chi connectivity index (χ0n) is 54.1. The first kappa shape index (κ1) is 71.9. The van der Waals surface area contributed by atoms with E-state index in [1.54, 1.807) is 0 Å². The van der Waals surface area contributed by atoms with Gasteiger partial charge in [0, 0.05) is 0 Å². The molecular weight excluding hydrogens is 1240 g/mol. The van der Waals surface area contributed by atoms with Crippen molar-refractivity contribution in [2.75, 3.05) is 40.1 Å². The van der Waals surface area contributed by atoms with E-state index in [-0.39, 0.29) is 35.5 Å². The maximum absolute atomic E-state index is 15.7. The maximum atomic E-state index is 15.7. The van der Waals surface area contributed by atoms with Crippen molar-refractivity contribution in [3.05, 3.63) is 11.6 Å². The van der Waals surface area contributed by atoms with Crippen molar-refractivity contribution in [3.8, 4) is 0 Å². The summed E-state index contributed by atoms with van der Waals surface area (Å²) in [6, 6.07) is 0. The van der Waals surface area contributed by atoms with Gasteiger partial charge in [0.05, 0.1) is 58.5 Å². The molecule has 0 radical (unpaired) electrons. The van der Waals surface area contributed by atoms with Gasteiger partial charge in [-0.1, -0.05) is 60.1 Å². The highest BCUT2D eigenvalue weighted by atomic mass is 16.8. The fourth-order valence-electron chi connectivity index (χ4n) is 18.5. The van der Waals surface area contributed by atoms with Gasteiger partial charge in [-0.2, -0.15) is 0 Å². The van der Waals surface area contributed by atoms with Gasteiger partial charge in [-0.15, -0.1) is 0 Å². The minimum absolute atomic E-state index is 0.0627. The third-order valence-corrected chi connectivity index (χ3v) is 24.3. The molecule has 0 unspecified atom stereocenters. The van der Waals surface area contributed by atoms with E-state index < -0.39 is 238 Å². The fourth-order valence-corrected chi connectivity index (χ4v) is 18.5. The van der Waals surface area contributed by atoms with Crippen LogP contribution >= 0.6 is 0 Å².